The van der Waals surface area contributed by atoms with Gasteiger partial charge in [-0.25, -0.2) is 4.79 Å². The zero-order chi connectivity index (χ0) is 17.8. The number of amides is 1. The largest absolute Gasteiger partial charge is 0.480 e. The molecule has 0 aliphatic carbocycles. The molecule has 1 rings (SSSR count). The van der Waals surface area contributed by atoms with E-state index in [1.165, 1.54) is 6.20 Å². The number of aliphatic carboxylic acids is 1. The summed E-state index contributed by atoms with van der Waals surface area (Å²) in [5.74, 6) is -0.817. The fourth-order valence-corrected chi connectivity index (χ4v) is 2.68. The lowest BCUT2D eigenvalue weighted by atomic mass is 10.2. The van der Waals surface area contributed by atoms with Crippen LogP contribution < -0.4 is 16.0 Å². The van der Waals surface area contributed by atoms with Crippen molar-refractivity contribution < 1.29 is 14.7 Å². The Kier molecular flexibility index (Phi) is 9.91. The number of carboxylic acid groups (broad SMARTS) is 1. The van der Waals surface area contributed by atoms with Crippen molar-refractivity contribution in [3.8, 4) is 6.07 Å². The summed E-state index contributed by atoms with van der Waals surface area (Å²) in [4.78, 5) is 25.3. The minimum atomic E-state index is -1.00. The van der Waals surface area contributed by atoms with Crippen molar-refractivity contribution in [2.24, 2.45) is 0 Å². The number of rotatable bonds is 10. The highest BCUT2D eigenvalue weighted by Crippen LogP contribution is 2.02. The Morgan fingerprint density at radius 2 is 2.17 bits per heavy atom. The van der Waals surface area contributed by atoms with E-state index in [9.17, 15) is 9.59 Å². The van der Waals surface area contributed by atoms with Crippen LogP contribution in [0.3, 0.4) is 0 Å². The molecule has 9 heteroatoms. The van der Waals surface area contributed by atoms with Gasteiger partial charge < -0.3 is 21.1 Å². The first kappa shape index (κ1) is 20.3. The van der Waals surface area contributed by atoms with Crippen LogP contribution in [-0.4, -0.2) is 79.2 Å². The predicted molar refractivity (Wildman–Crippen MR) is 93.6 cm³/mol. The lowest BCUT2D eigenvalue weighted by Crippen LogP contribution is -2.46. The number of carboxylic acids is 1. The topological polar surface area (TPSA) is 117 Å². The van der Waals surface area contributed by atoms with E-state index in [1.807, 2.05) is 6.26 Å². The molecule has 24 heavy (non-hydrogen) atoms. The van der Waals surface area contributed by atoms with Crippen molar-refractivity contribution in [3.63, 3.8) is 0 Å². The van der Waals surface area contributed by atoms with Gasteiger partial charge in [0.15, 0.2) is 0 Å². The standard InChI is InChI=1S/C15H25N5O3S/c1-24-9-2-13(15(22)23)19-11-12(10-16)14(21)18-5-8-20-6-3-17-4-7-20/h11,13,17,19H,2-9H2,1H3,(H,18,21)(H,22,23)/b12-11-. The Balaban J connectivity index is 2.43. The highest BCUT2D eigenvalue weighted by Gasteiger charge is 2.17. The van der Waals surface area contributed by atoms with Gasteiger partial charge in [-0.2, -0.15) is 17.0 Å². The molecule has 0 bridgehead atoms. The van der Waals surface area contributed by atoms with E-state index in [4.69, 9.17) is 10.4 Å². The Labute approximate surface area is 146 Å². The average molecular weight is 355 g/mol. The number of nitrogens with zero attached hydrogens (tertiary/aromatic N) is 2. The SMILES string of the molecule is CSCCC(N/C=C(/C#N)C(=O)NCCN1CCNCC1)C(=O)O. The lowest BCUT2D eigenvalue weighted by molar-refractivity contribution is -0.139. The molecule has 0 aromatic carbocycles. The quantitative estimate of drug-likeness (QED) is 0.298. The first-order valence-electron chi connectivity index (χ1n) is 7.87. The summed E-state index contributed by atoms with van der Waals surface area (Å²) in [6, 6.07) is 0.995. The Morgan fingerprint density at radius 1 is 1.46 bits per heavy atom. The third-order valence-electron chi connectivity index (χ3n) is 3.63. The van der Waals surface area contributed by atoms with Crippen molar-refractivity contribution in [2.45, 2.75) is 12.5 Å². The highest BCUT2D eigenvalue weighted by atomic mass is 32.2. The Hall–Kier alpha value is -1.76. The van der Waals surface area contributed by atoms with Crippen LogP contribution in [0.25, 0.3) is 0 Å². The summed E-state index contributed by atoms with van der Waals surface area (Å²) in [6.45, 7) is 4.93. The molecule has 1 saturated heterocycles. The molecule has 1 aliphatic heterocycles. The van der Waals surface area contributed by atoms with Crippen LogP contribution in [0.4, 0.5) is 0 Å². The molecule has 0 saturated carbocycles. The summed E-state index contributed by atoms with van der Waals surface area (Å²) < 4.78 is 0. The summed E-state index contributed by atoms with van der Waals surface area (Å²) in [5.41, 5.74) is -0.120. The monoisotopic (exact) mass is 355 g/mol. The van der Waals surface area contributed by atoms with E-state index in [0.29, 0.717) is 18.7 Å². The second-order valence-electron chi connectivity index (χ2n) is 5.36. The molecule has 0 aromatic rings. The molecule has 1 aliphatic rings. The smallest absolute Gasteiger partial charge is 0.326 e. The summed E-state index contributed by atoms with van der Waals surface area (Å²) >= 11 is 1.54. The van der Waals surface area contributed by atoms with Gasteiger partial charge in [-0.15, -0.1) is 0 Å². The Bertz CT molecular complexity index is 486. The summed E-state index contributed by atoms with van der Waals surface area (Å²) in [5, 5.41) is 26.8. The van der Waals surface area contributed by atoms with Gasteiger partial charge in [-0.05, 0) is 18.4 Å². The molecular formula is C15H25N5O3S. The average Bonchev–Trinajstić information content (AvgIpc) is 2.58. The van der Waals surface area contributed by atoms with E-state index >= 15 is 0 Å². The van der Waals surface area contributed by atoms with Crippen molar-refractivity contribution in [1.82, 2.24) is 20.9 Å². The van der Waals surface area contributed by atoms with Gasteiger partial charge in [0, 0.05) is 45.5 Å². The van der Waals surface area contributed by atoms with Gasteiger partial charge in [0.1, 0.15) is 17.7 Å². The minimum Gasteiger partial charge on any atom is -0.480 e. The number of hydrogen-bond donors (Lipinski definition) is 4. The van der Waals surface area contributed by atoms with Gasteiger partial charge in [0.05, 0.1) is 0 Å². The number of nitriles is 1. The van der Waals surface area contributed by atoms with E-state index in [2.05, 4.69) is 20.9 Å². The maximum Gasteiger partial charge on any atom is 0.326 e. The van der Waals surface area contributed by atoms with Crippen molar-refractivity contribution in [3.05, 3.63) is 11.8 Å². The second kappa shape index (κ2) is 11.7. The van der Waals surface area contributed by atoms with Crippen molar-refractivity contribution >= 4 is 23.6 Å². The molecule has 0 spiro atoms. The fraction of sp³-hybridized carbons (Fsp3) is 0.667. The third-order valence-corrected chi connectivity index (χ3v) is 4.27. The second-order valence-corrected chi connectivity index (χ2v) is 6.34. The minimum absolute atomic E-state index is 0.120. The molecule has 8 nitrogen and oxygen atoms in total. The van der Waals surface area contributed by atoms with Crippen LogP contribution in [-0.2, 0) is 9.59 Å². The number of carbonyl (C=O) groups is 2. The van der Waals surface area contributed by atoms with Gasteiger partial charge >= 0.3 is 5.97 Å². The number of hydrogen-bond acceptors (Lipinski definition) is 7. The van der Waals surface area contributed by atoms with E-state index in [0.717, 1.165) is 32.7 Å². The maximum absolute atomic E-state index is 12.0. The molecule has 1 atom stereocenters. The van der Waals surface area contributed by atoms with Crippen molar-refractivity contribution in [2.75, 3.05) is 51.3 Å². The molecule has 1 heterocycles. The first-order chi connectivity index (χ1) is 11.6. The van der Waals surface area contributed by atoms with Gasteiger partial charge in [0.25, 0.3) is 5.91 Å². The first-order valence-corrected chi connectivity index (χ1v) is 9.27. The van der Waals surface area contributed by atoms with Crippen LogP contribution in [0, 0.1) is 11.3 Å². The van der Waals surface area contributed by atoms with Crippen LogP contribution in [0.2, 0.25) is 0 Å². The van der Waals surface area contributed by atoms with E-state index in [-0.39, 0.29) is 5.57 Å². The zero-order valence-corrected chi connectivity index (χ0v) is 14.7. The maximum atomic E-state index is 12.0. The molecule has 1 amide bonds. The van der Waals surface area contributed by atoms with Gasteiger partial charge in [-0.1, -0.05) is 0 Å². The molecule has 0 radical (unpaired) electrons. The third kappa shape index (κ3) is 7.68. The highest BCUT2D eigenvalue weighted by molar-refractivity contribution is 7.98. The molecule has 1 fully saturated rings. The number of nitrogens with one attached hydrogen (secondary N) is 3. The van der Waals surface area contributed by atoms with Crippen LogP contribution in [0.5, 0.6) is 0 Å². The van der Waals surface area contributed by atoms with Crippen LogP contribution in [0.1, 0.15) is 6.42 Å². The number of thioether (sulfide) groups is 1. The van der Waals surface area contributed by atoms with Gasteiger partial charge in [-0.3, -0.25) is 9.69 Å². The summed E-state index contributed by atoms with van der Waals surface area (Å²) in [6.07, 6.45) is 3.50. The van der Waals surface area contributed by atoms with Crippen LogP contribution >= 0.6 is 11.8 Å². The fourth-order valence-electron chi connectivity index (χ4n) is 2.20. The summed E-state index contributed by atoms with van der Waals surface area (Å²) in [7, 11) is 0. The van der Waals surface area contributed by atoms with E-state index in [1.54, 1.807) is 17.8 Å². The van der Waals surface area contributed by atoms with Gasteiger partial charge in [0.2, 0.25) is 0 Å². The lowest BCUT2D eigenvalue weighted by Gasteiger charge is -2.27. The van der Waals surface area contributed by atoms with Crippen LogP contribution in [0.15, 0.2) is 11.8 Å². The molecule has 0 aromatic heterocycles. The van der Waals surface area contributed by atoms with Crippen molar-refractivity contribution in [1.29, 1.82) is 5.26 Å². The Morgan fingerprint density at radius 3 is 2.75 bits per heavy atom. The van der Waals surface area contributed by atoms with E-state index < -0.39 is 17.9 Å². The molecule has 134 valence electrons. The normalized spacial score (nSPS) is 16.9. The molecule has 4 N–H and O–H groups in total. The predicted octanol–water partition coefficient (Wildman–Crippen LogP) is -0.789. The number of carbonyl (C=O) groups excluding carboxylic acids is 1. The number of piperazine rings is 1. The molecule has 1 unspecified atom stereocenters. The molecular weight excluding hydrogens is 330 g/mol. The zero-order valence-electron chi connectivity index (χ0n) is 13.9.